The number of hydrogen-bond acceptors (Lipinski definition) is 5. The molecule has 0 atom stereocenters. The van der Waals surface area contributed by atoms with E-state index in [4.69, 9.17) is 4.98 Å². The Morgan fingerprint density at radius 2 is 1.79 bits per heavy atom. The van der Waals surface area contributed by atoms with E-state index in [0.29, 0.717) is 5.82 Å². The van der Waals surface area contributed by atoms with Crippen molar-refractivity contribution >= 4 is 16.7 Å². The summed E-state index contributed by atoms with van der Waals surface area (Å²) in [4.78, 5) is 13.4. The Hall–Kier alpha value is -2.53. The molecule has 5 heteroatoms. The molecule has 24 heavy (non-hydrogen) atoms. The highest BCUT2D eigenvalue weighted by Crippen LogP contribution is 2.26. The first-order valence-corrected chi connectivity index (χ1v) is 8.11. The van der Waals surface area contributed by atoms with E-state index in [1.54, 1.807) is 12.4 Å². The Bertz CT molecular complexity index is 818. The summed E-state index contributed by atoms with van der Waals surface area (Å²) in [6.07, 6.45) is 4.22. The zero-order chi connectivity index (χ0) is 17.0. The summed E-state index contributed by atoms with van der Waals surface area (Å²) in [5, 5.41) is 13.6. The van der Waals surface area contributed by atoms with Crippen molar-refractivity contribution in [1.82, 2.24) is 15.0 Å². The normalized spacial score (nSPS) is 11.6. The lowest BCUT2D eigenvalue weighted by atomic mass is 9.90. The second-order valence-corrected chi connectivity index (χ2v) is 6.64. The van der Waals surface area contributed by atoms with Crippen LogP contribution in [-0.4, -0.2) is 33.2 Å². The molecule has 0 aliphatic carbocycles. The molecule has 2 aromatic heterocycles. The SMILES string of the molecule is CC(C)(CCO)CNc1nc(-c2ccncc2)nc2ccccc12. The predicted molar refractivity (Wildman–Crippen MR) is 96.7 cm³/mol. The van der Waals surface area contributed by atoms with Gasteiger partial charge >= 0.3 is 0 Å². The van der Waals surface area contributed by atoms with Crippen LogP contribution in [0, 0.1) is 5.41 Å². The molecule has 0 radical (unpaired) electrons. The number of pyridine rings is 1. The molecule has 3 rings (SSSR count). The van der Waals surface area contributed by atoms with Crippen LogP contribution >= 0.6 is 0 Å². The lowest BCUT2D eigenvalue weighted by molar-refractivity contribution is 0.220. The van der Waals surface area contributed by atoms with Crippen molar-refractivity contribution in [2.24, 2.45) is 5.41 Å². The number of anilines is 1. The Labute approximate surface area is 141 Å². The fraction of sp³-hybridized carbons (Fsp3) is 0.316. The van der Waals surface area contributed by atoms with Crippen molar-refractivity contribution in [2.45, 2.75) is 20.3 Å². The summed E-state index contributed by atoms with van der Waals surface area (Å²) in [6, 6.07) is 11.8. The van der Waals surface area contributed by atoms with Gasteiger partial charge in [0.05, 0.1) is 5.52 Å². The van der Waals surface area contributed by atoms with Crippen molar-refractivity contribution in [3.05, 3.63) is 48.8 Å². The Morgan fingerprint density at radius 1 is 1.04 bits per heavy atom. The van der Waals surface area contributed by atoms with E-state index in [9.17, 15) is 5.11 Å². The number of aliphatic hydroxyl groups excluding tert-OH is 1. The molecule has 0 fully saturated rings. The van der Waals surface area contributed by atoms with Gasteiger partial charge in [-0.3, -0.25) is 4.98 Å². The minimum Gasteiger partial charge on any atom is -0.396 e. The molecule has 3 aromatic rings. The van der Waals surface area contributed by atoms with Gasteiger partial charge in [-0.15, -0.1) is 0 Å². The van der Waals surface area contributed by atoms with Crippen molar-refractivity contribution < 1.29 is 5.11 Å². The summed E-state index contributed by atoms with van der Waals surface area (Å²) in [6.45, 7) is 5.17. The number of aliphatic hydroxyl groups is 1. The highest BCUT2D eigenvalue weighted by molar-refractivity contribution is 5.90. The summed E-state index contributed by atoms with van der Waals surface area (Å²) >= 11 is 0. The van der Waals surface area contributed by atoms with Gasteiger partial charge < -0.3 is 10.4 Å². The maximum atomic E-state index is 9.20. The van der Waals surface area contributed by atoms with Crippen LogP contribution in [-0.2, 0) is 0 Å². The summed E-state index contributed by atoms with van der Waals surface area (Å²) < 4.78 is 0. The van der Waals surface area contributed by atoms with E-state index in [-0.39, 0.29) is 12.0 Å². The van der Waals surface area contributed by atoms with Gasteiger partial charge in [0.1, 0.15) is 5.82 Å². The monoisotopic (exact) mass is 322 g/mol. The number of para-hydroxylation sites is 1. The van der Waals surface area contributed by atoms with Crippen LogP contribution in [0.1, 0.15) is 20.3 Å². The second kappa shape index (κ2) is 6.93. The fourth-order valence-electron chi connectivity index (χ4n) is 2.56. The first-order chi connectivity index (χ1) is 11.6. The van der Waals surface area contributed by atoms with E-state index < -0.39 is 0 Å². The van der Waals surface area contributed by atoms with Crippen molar-refractivity contribution in [1.29, 1.82) is 0 Å². The lowest BCUT2D eigenvalue weighted by Gasteiger charge is -2.24. The molecule has 124 valence electrons. The average Bonchev–Trinajstić information content (AvgIpc) is 2.60. The number of nitrogens with one attached hydrogen (secondary N) is 1. The van der Waals surface area contributed by atoms with E-state index >= 15 is 0 Å². The molecule has 2 N–H and O–H groups in total. The van der Waals surface area contributed by atoms with Crippen LogP contribution in [0.2, 0.25) is 0 Å². The van der Waals surface area contributed by atoms with Crippen LogP contribution in [0.5, 0.6) is 0 Å². The van der Waals surface area contributed by atoms with Gasteiger partial charge in [0.2, 0.25) is 0 Å². The van der Waals surface area contributed by atoms with Crippen LogP contribution < -0.4 is 5.32 Å². The highest BCUT2D eigenvalue weighted by atomic mass is 16.3. The van der Waals surface area contributed by atoms with Gasteiger partial charge in [-0.25, -0.2) is 9.97 Å². The molecule has 0 saturated carbocycles. The smallest absolute Gasteiger partial charge is 0.162 e. The molecule has 2 heterocycles. The number of fused-ring (bicyclic) bond motifs is 1. The molecule has 0 spiro atoms. The number of rotatable bonds is 6. The zero-order valence-corrected chi connectivity index (χ0v) is 14.0. The van der Waals surface area contributed by atoms with Gasteiger partial charge in [-0.2, -0.15) is 0 Å². The second-order valence-electron chi connectivity index (χ2n) is 6.64. The van der Waals surface area contributed by atoms with E-state index in [2.05, 4.69) is 29.1 Å². The van der Waals surface area contributed by atoms with Crippen LogP contribution in [0.3, 0.4) is 0 Å². The zero-order valence-electron chi connectivity index (χ0n) is 14.0. The third kappa shape index (κ3) is 3.68. The summed E-state index contributed by atoms with van der Waals surface area (Å²) in [5.74, 6) is 1.50. The fourth-order valence-corrected chi connectivity index (χ4v) is 2.56. The van der Waals surface area contributed by atoms with Crippen molar-refractivity contribution in [2.75, 3.05) is 18.5 Å². The molecule has 0 amide bonds. The number of benzene rings is 1. The molecule has 5 nitrogen and oxygen atoms in total. The van der Waals surface area contributed by atoms with Gasteiger partial charge in [0, 0.05) is 36.5 Å². The molecule has 0 unspecified atom stereocenters. The Balaban J connectivity index is 1.99. The molecule has 0 aliphatic heterocycles. The Morgan fingerprint density at radius 3 is 2.54 bits per heavy atom. The van der Waals surface area contributed by atoms with E-state index in [1.807, 2.05) is 36.4 Å². The molecule has 0 bridgehead atoms. The van der Waals surface area contributed by atoms with Crippen LogP contribution in [0.25, 0.3) is 22.3 Å². The predicted octanol–water partition coefficient (Wildman–Crippen LogP) is 3.51. The molecule has 1 aromatic carbocycles. The van der Waals surface area contributed by atoms with Gasteiger partial charge in [-0.05, 0) is 36.1 Å². The largest absolute Gasteiger partial charge is 0.396 e. The number of hydrogen-bond donors (Lipinski definition) is 2. The maximum Gasteiger partial charge on any atom is 0.162 e. The van der Waals surface area contributed by atoms with Gasteiger partial charge in [-0.1, -0.05) is 26.0 Å². The summed E-state index contributed by atoms with van der Waals surface area (Å²) in [7, 11) is 0. The summed E-state index contributed by atoms with van der Waals surface area (Å²) in [5.41, 5.74) is 1.83. The minimum atomic E-state index is -0.0162. The standard InChI is InChI=1S/C19H22N4O/c1-19(2,9-12-24)13-21-18-15-5-3-4-6-16(15)22-17(23-18)14-7-10-20-11-8-14/h3-8,10-11,24H,9,12-13H2,1-2H3,(H,21,22,23). The van der Waals surface area contributed by atoms with Crippen LogP contribution in [0.15, 0.2) is 48.8 Å². The first-order valence-electron chi connectivity index (χ1n) is 8.11. The lowest BCUT2D eigenvalue weighted by Crippen LogP contribution is -2.24. The van der Waals surface area contributed by atoms with Crippen molar-refractivity contribution in [3.8, 4) is 11.4 Å². The van der Waals surface area contributed by atoms with E-state index in [0.717, 1.165) is 35.2 Å². The average molecular weight is 322 g/mol. The van der Waals surface area contributed by atoms with Gasteiger partial charge in [0.15, 0.2) is 5.82 Å². The van der Waals surface area contributed by atoms with E-state index in [1.165, 1.54) is 0 Å². The number of aromatic nitrogens is 3. The quantitative estimate of drug-likeness (QED) is 0.726. The molecule has 0 saturated heterocycles. The molecular weight excluding hydrogens is 300 g/mol. The van der Waals surface area contributed by atoms with Crippen molar-refractivity contribution in [3.63, 3.8) is 0 Å². The molecular formula is C19H22N4O. The molecule has 0 aliphatic rings. The number of nitrogens with zero attached hydrogens (tertiary/aromatic N) is 3. The van der Waals surface area contributed by atoms with Crippen LogP contribution in [0.4, 0.5) is 5.82 Å². The Kier molecular flexibility index (Phi) is 4.71. The maximum absolute atomic E-state index is 9.20. The minimum absolute atomic E-state index is 0.0162. The topological polar surface area (TPSA) is 70.9 Å². The first kappa shape index (κ1) is 16.3. The highest BCUT2D eigenvalue weighted by Gasteiger charge is 2.18. The third-order valence-corrected chi connectivity index (χ3v) is 4.06. The van der Waals surface area contributed by atoms with Gasteiger partial charge in [0.25, 0.3) is 0 Å². The third-order valence-electron chi connectivity index (χ3n) is 4.06.